The maximum absolute atomic E-state index is 3.73. The topological polar surface area (TPSA) is 12.0 Å². The molecule has 1 aliphatic carbocycles. The van der Waals surface area contributed by atoms with Crippen LogP contribution in [-0.4, -0.2) is 12.6 Å². The van der Waals surface area contributed by atoms with Gasteiger partial charge in [-0.15, -0.1) is 0 Å². The summed E-state index contributed by atoms with van der Waals surface area (Å²) in [5.41, 5.74) is 3.83. The third-order valence-electron chi connectivity index (χ3n) is 5.10. The Morgan fingerprint density at radius 1 is 1.22 bits per heavy atom. The highest BCUT2D eigenvalue weighted by Crippen LogP contribution is 2.44. The summed E-state index contributed by atoms with van der Waals surface area (Å²) >= 11 is 0. The van der Waals surface area contributed by atoms with Crippen molar-refractivity contribution in [3.63, 3.8) is 0 Å². The monoisotopic (exact) mass is 243 g/mol. The van der Waals surface area contributed by atoms with Crippen LogP contribution in [0.3, 0.4) is 0 Å². The molecule has 1 aliphatic heterocycles. The van der Waals surface area contributed by atoms with Crippen molar-refractivity contribution in [2.75, 3.05) is 6.54 Å². The molecule has 1 saturated heterocycles. The van der Waals surface area contributed by atoms with Gasteiger partial charge in [0.15, 0.2) is 0 Å². The fourth-order valence-electron chi connectivity index (χ4n) is 4.01. The molecule has 0 amide bonds. The molecule has 98 valence electrons. The minimum Gasteiger partial charge on any atom is -0.314 e. The Morgan fingerprint density at radius 3 is 2.89 bits per heavy atom. The predicted molar refractivity (Wildman–Crippen MR) is 76.8 cm³/mol. The number of fused-ring (bicyclic) bond motifs is 1. The Hall–Kier alpha value is -0.820. The van der Waals surface area contributed by atoms with Gasteiger partial charge < -0.3 is 5.32 Å². The lowest BCUT2D eigenvalue weighted by atomic mass is 9.66. The van der Waals surface area contributed by atoms with E-state index in [0.717, 1.165) is 6.04 Å². The standard InChI is InChI=1S/C17H25N/c1-2-16-13-17(9-5-11-18-16)10-8-14-6-3-4-7-15(14)12-17/h3-4,6-7,16,18H,2,5,8-13H2,1H3. The number of rotatable bonds is 1. The van der Waals surface area contributed by atoms with E-state index in [0.29, 0.717) is 5.41 Å². The van der Waals surface area contributed by atoms with Crippen molar-refractivity contribution >= 4 is 0 Å². The average molecular weight is 243 g/mol. The summed E-state index contributed by atoms with van der Waals surface area (Å²) in [4.78, 5) is 0. The van der Waals surface area contributed by atoms with Gasteiger partial charge in [-0.2, -0.15) is 0 Å². The molecule has 1 aromatic rings. The van der Waals surface area contributed by atoms with Crippen LogP contribution in [0.4, 0.5) is 0 Å². The van der Waals surface area contributed by atoms with E-state index in [1.54, 1.807) is 11.1 Å². The Balaban J connectivity index is 1.83. The van der Waals surface area contributed by atoms with E-state index >= 15 is 0 Å². The van der Waals surface area contributed by atoms with Crippen molar-refractivity contribution in [1.82, 2.24) is 5.32 Å². The van der Waals surface area contributed by atoms with E-state index in [9.17, 15) is 0 Å². The first-order valence-electron chi connectivity index (χ1n) is 7.61. The molecule has 1 aromatic carbocycles. The first-order chi connectivity index (χ1) is 8.81. The zero-order chi connectivity index (χ0) is 12.4. The number of aryl methyl sites for hydroxylation is 1. The maximum Gasteiger partial charge on any atom is 0.00698 e. The van der Waals surface area contributed by atoms with Crippen molar-refractivity contribution in [3.8, 4) is 0 Å². The van der Waals surface area contributed by atoms with Gasteiger partial charge in [0.2, 0.25) is 0 Å². The molecular weight excluding hydrogens is 218 g/mol. The summed E-state index contributed by atoms with van der Waals surface area (Å²) in [7, 11) is 0. The van der Waals surface area contributed by atoms with Crippen LogP contribution in [0, 0.1) is 5.41 Å². The van der Waals surface area contributed by atoms with Crippen molar-refractivity contribution in [1.29, 1.82) is 0 Å². The van der Waals surface area contributed by atoms with Gasteiger partial charge in [-0.05, 0) is 68.0 Å². The quantitative estimate of drug-likeness (QED) is 0.793. The van der Waals surface area contributed by atoms with Gasteiger partial charge in [0, 0.05) is 6.04 Å². The normalized spacial score (nSPS) is 31.9. The van der Waals surface area contributed by atoms with Crippen LogP contribution >= 0.6 is 0 Å². The SMILES string of the molecule is CCC1CC2(CCCN1)CCc1ccccc1C2. The summed E-state index contributed by atoms with van der Waals surface area (Å²) in [6.07, 6.45) is 9.47. The van der Waals surface area contributed by atoms with Crippen molar-refractivity contribution in [2.45, 2.75) is 57.9 Å². The molecule has 0 aromatic heterocycles. The molecule has 18 heavy (non-hydrogen) atoms. The fourth-order valence-corrected chi connectivity index (χ4v) is 4.01. The molecule has 2 unspecified atom stereocenters. The van der Waals surface area contributed by atoms with Crippen molar-refractivity contribution < 1.29 is 0 Å². The zero-order valence-electron chi connectivity index (χ0n) is 11.5. The van der Waals surface area contributed by atoms with Crippen LogP contribution in [0.5, 0.6) is 0 Å². The van der Waals surface area contributed by atoms with E-state index in [1.807, 2.05) is 0 Å². The van der Waals surface area contributed by atoms with E-state index in [4.69, 9.17) is 0 Å². The molecule has 1 heterocycles. The molecule has 1 fully saturated rings. The summed E-state index contributed by atoms with van der Waals surface area (Å²) < 4.78 is 0. The highest BCUT2D eigenvalue weighted by atomic mass is 14.9. The zero-order valence-corrected chi connectivity index (χ0v) is 11.5. The number of hydrogen-bond acceptors (Lipinski definition) is 1. The molecule has 0 radical (unpaired) electrons. The Morgan fingerprint density at radius 2 is 2.06 bits per heavy atom. The van der Waals surface area contributed by atoms with Gasteiger partial charge in [-0.1, -0.05) is 31.2 Å². The minimum absolute atomic E-state index is 0.596. The van der Waals surface area contributed by atoms with Gasteiger partial charge in [-0.3, -0.25) is 0 Å². The summed E-state index contributed by atoms with van der Waals surface area (Å²) in [5, 5.41) is 3.73. The van der Waals surface area contributed by atoms with Gasteiger partial charge in [0.05, 0.1) is 0 Å². The second-order valence-corrected chi connectivity index (χ2v) is 6.31. The molecular formula is C17H25N. The number of hydrogen-bond donors (Lipinski definition) is 1. The predicted octanol–water partition coefficient (Wildman–Crippen LogP) is 3.71. The van der Waals surface area contributed by atoms with Gasteiger partial charge in [0.25, 0.3) is 0 Å². The molecule has 2 aliphatic rings. The molecule has 0 bridgehead atoms. The first kappa shape index (κ1) is 12.2. The van der Waals surface area contributed by atoms with E-state index in [1.165, 1.54) is 51.5 Å². The van der Waals surface area contributed by atoms with Crippen molar-refractivity contribution in [2.24, 2.45) is 5.41 Å². The van der Waals surface area contributed by atoms with Crippen LogP contribution in [0.25, 0.3) is 0 Å². The second kappa shape index (κ2) is 5.05. The van der Waals surface area contributed by atoms with Gasteiger partial charge in [0.1, 0.15) is 0 Å². The smallest absolute Gasteiger partial charge is 0.00698 e. The van der Waals surface area contributed by atoms with Gasteiger partial charge >= 0.3 is 0 Å². The number of nitrogens with one attached hydrogen (secondary N) is 1. The number of benzene rings is 1. The molecule has 2 atom stereocenters. The van der Waals surface area contributed by atoms with E-state index < -0.39 is 0 Å². The van der Waals surface area contributed by atoms with E-state index in [2.05, 4.69) is 36.5 Å². The highest BCUT2D eigenvalue weighted by molar-refractivity contribution is 5.31. The molecule has 1 spiro atoms. The lowest BCUT2D eigenvalue weighted by molar-refractivity contribution is 0.194. The molecule has 1 nitrogen and oxygen atoms in total. The van der Waals surface area contributed by atoms with E-state index in [-0.39, 0.29) is 0 Å². The average Bonchev–Trinajstić information content (AvgIpc) is 2.61. The second-order valence-electron chi connectivity index (χ2n) is 6.31. The third kappa shape index (κ3) is 2.33. The largest absolute Gasteiger partial charge is 0.314 e. The van der Waals surface area contributed by atoms with Crippen LogP contribution < -0.4 is 5.32 Å². The van der Waals surface area contributed by atoms with Crippen LogP contribution in [0.1, 0.15) is 50.2 Å². The Kier molecular flexibility index (Phi) is 3.43. The minimum atomic E-state index is 0.596. The molecule has 1 N–H and O–H groups in total. The van der Waals surface area contributed by atoms with Gasteiger partial charge in [-0.25, -0.2) is 0 Å². The summed E-state index contributed by atoms with van der Waals surface area (Å²) in [5.74, 6) is 0. The van der Waals surface area contributed by atoms with Crippen LogP contribution in [0.15, 0.2) is 24.3 Å². The molecule has 0 saturated carbocycles. The lowest BCUT2D eigenvalue weighted by Crippen LogP contribution is -2.35. The summed E-state index contributed by atoms with van der Waals surface area (Å²) in [6.45, 7) is 3.55. The third-order valence-corrected chi connectivity index (χ3v) is 5.10. The maximum atomic E-state index is 3.73. The highest BCUT2D eigenvalue weighted by Gasteiger charge is 2.36. The van der Waals surface area contributed by atoms with Crippen molar-refractivity contribution in [3.05, 3.63) is 35.4 Å². The van der Waals surface area contributed by atoms with Crippen LogP contribution in [0.2, 0.25) is 0 Å². The lowest BCUT2D eigenvalue weighted by Gasteiger charge is -2.39. The Labute approximate surface area is 111 Å². The van der Waals surface area contributed by atoms with Crippen LogP contribution in [-0.2, 0) is 12.8 Å². The molecule has 3 rings (SSSR count). The molecule has 1 heteroatoms. The summed E-state index contributed by atoms with van der Waals surface area (Å²) in [6, 6.07) is 9.84. The first-order valence-corrected chi connectivity index (χ1v) is 7.61. The Bertz CT molecular complexity index is 412. The fraction of sp³-hybridized carbons (Fsp3) is 0.647.